The van der Waals surface area contributed by atoms with Crippen molar-refractivity contribution in [3.63, 3.8) is 0 Å². The van der Waals surface area contributed by atoms with Crippen LogP contribution in [0.2, 0.25) is 0 Å². The molecule has 3 aromatic heterocycles. The average Bonchev–Trinajstić information content (AvgIpc) is 3.03. The van der Waals surface area contributed by atoms with Gasteiger partial charge < -0.3 is 4.57 Å². The van der Waals surface area contributed by atoms with Crippen LogP contribution in [0.15, 0.2) is 59.9 Å². The zero-order valence-electron chi connectivity index (χ0n) is 12.1. The van der Waals surface area contributed by atoms with Gasteiger partial charge in [0.25, 0.3) is 5.56 Å². The van der Waals surface area contributed by atoms with Gasteiger partial charge in [-0.1, -0.05) is 18.2 Å². The lowest BCUT2D eigenvalue weighted by atomic mass is 10.2. The molecule has 0 N–H and O–H groups in total. The SMILES string of the molecule is Cc1ncccc1Cn1c(=O)c2cncn2c2ccccc21. The second-order valence-corrected chi connectivity index (χ2v) is 5.28. The van der Waals surface area contributed by atoms with Gasteiger partial charge in [0.05, 0.1) is 30.1 Å². The molecule has 3 heterocycles. The predicted molar refractivity (Wildman–Crippen MR) is 85.0 cm³/mol. The molecule has 4 aromatic rings. The Labute approximate surface area is 126 Å². The van der Waals surface area contributed by atoms with Crippen molar-refractivity contribution in [2.45, 2.75) is 13.5 Å². The zero-order valence-corrected chi connectivity index (χ0v) is 12.1. The number of aryl methyl sites for hydroxylation is 1. The van der Waals surface area contributed by atoms with E-state index in [1.54, 1.807) is 23.3 Å². The quantitative estimate of drug-likeness (QED) is 0.569. The number of aromatic nitrogens is 4. The second kappa shape index (κ2) is 4.80. The molecule has 0 aliphatic rings. The van der Waals surface area contributed by atoms with Crippen LogP contribution in [-0.2, 0) is 6.54 Å². The Hall–Kier alpha value is -2.95. The first-order valence-electron chi connectivity index (χ1n) is 7.10. The molecule has 0 aliphatic heterocycles. The Bertz CT molecular complexity index is 1050. The fourth-order valence-electron chi connectivity index (χ4n) is 2.80. The van der Waals surface area contributed by atoms with Gasteiger partial charge in [-0.05, 0) is 30.7 Å². The lowest BCUT2D eigenvalue weighted by Crippen LogP contribution is -2.23. The van der Waals surface area contributed by atoms with Crippen LogP contribution in [0.25, 0.3) is 16.6 Å². The lowest BCUT2D eigenvalue weighted by Gasteiger charge is -2.13. The fraction of sp³-hybridized carbons (Fsp3) is 0.118. The molecule has 0 unspecified atom stereocenters. The molecule has 0 bridgehead atoms. The molecule has 5 nitrogen and oxygen atoms in total. The molecule has 0 atom stereocenters. The third-order valence-electron chi connectivity index (χ3n) is 3.98. The molecular weight excluding hydrogens is 276 g/mol. The number of rotatable bonds is 2. The summed E-state index contributed by atoms with van der Waals surface area (Å²) in [4.78, 5) is 21.2. The molecule has 5 heteroatoms. The molecule has 0 fully saturated rings. The molecule has 0 saturated carbocycles. The highest BCUT2D eigenvalue weighted by atomic mass is 16.1. The minimum absolute atomic E-state index is 0.0422. The highest BCUT2D eigenvalue weighted by molar-refractivity contribution is 5.78. The largest absolute Gasteiger partial charge is 0.300 e. The van der Waals surface area contributed by atoms with Crippen LogP contribution in [-0.4, -0.2) is 18.9 Å². The number of pyridine rings is 1. The van der Waals surface area contributed by atoms with E-state index in [9.17, 15) is 4.79 Å². The number of hydrogen-bond donors (Lipinski definition) is 0. The molecule has 108 valence electrons. The summed E-state index contributed by atoms with van der Waals surface area (Å²) in [5.41, 5.74) is 4.38. The van der Waals surface area contributed by atoms with Crippen molar-refractivity contribution in [2.24, 2.45) is 0 Å². The van der Waals surface area contributed by atoms with Crippen LogP contribution in [0.4, 0.5) is 0 Å². The lowest BCUT2D eigenvalue weighted by molar-refractivity contribution is 0.782. The van der Waals surface area contributed by atoms with Gasteiger partial charge in [0.15, 0.2) is 0 Å². The summed E-state index contributed by atoms with van der Waals surface area (Å²) in [6, 6.07) is 11.8. The number of para-hydroxylation sites is 2. The van der Waals surface area contributed by atoms with Crippen LogP contribution < -0.4 is 5.56 Å². The molecule has 0 spiro atoms. The summed E-state index contributed by atoms with van der Waals surface area (Å²) >= 11 is 0. The standard InChI is InChI=1S/C17H14N4O/c1-12-13(5-4-8-19-12)10-20-14-6-2-3-7-15(14)21-11-18-9-16(21)17(20)22/h2-9,11H,10H2,1H3. The maximum Gasteiger partial charge on any atom is 0.277 e. The molecule has 0 radical (unpaired) electrons. The maximum atomic E-state index is 12.8. The van der Waals surface area contributed by atoms with Gasteiger partial charge in [-0.3, -0.25) is 14.2 Å². The molecule has 0 amide bonds. The van der Waals surface area contributed by atoms with E-state index in [0.29, 0.717) is 12.1 Å². The summed E-state index contributed by atoms with van der Waals surface area (Å²) in [5.74, 6) is 0. The number of hydrogen-bond acceptors (Lipinski definition) is 3. The first kappa shape index (κ1) is 12.8. The number of benzene rings is 1. The Kier molecular flexibility index (Phi) is 2.79. The summed E-state index contributed by atoms with van der Waals surface area (Å²) in [7, 11) is 0. The first-order chi connectivity index (χ1) is 10.8. The van der Waals surface area contributed by atoms with Crippen molar-refractivity contribution >= 4 is 16.6 Å². The molecule has 0 saturated heterocycles. The van der Waals surface area contributed by atoms with Gasteiger partial charge in [0.1, 0.15) is 5.52 Å². The van der Waals surface area contributed by atoms with Crippen molar-refractivity contribution < 1.29 is 0 Å². The van der Waals surface area contributed by atoms with Gasteiger partial charge >= 0.3 is 0 Å². The van der Waals surface area contributed by atoms with Crippen molar-refractivity contribution in [2.75, 3.05) is 0 Å². The van der Waals surface area contributed by atoms with Gasteiger partial charge in [0.2, 0.25) is 0 Å². The number of imidazole rings is 1. The van der Waals surface area contributed by atoms with E-state index in [1.807, 2.05) is 47.7 Å². The minimum Gasteiger partial charge on any atom is -0.300 e. The van der Waals surface area contributed by atoms with Crippen LogP contribution >= 0.6 is 0 Å². The maximum absolute atomic E-state index is 12.8. The molecular formula is C17H14N4O. The molecule has 1 aromatic carbocycles. The number of nitrogens with zero attached hydrogens (tertiary/aromatic N) is 4. The van der Waals surface area contributed by atoms with E-state index in [0.717, 1.165) is 22.3 Å². The van der Waals surface area contributed by atoms with Crippen LogP contribution in [0.1, 0.15) is 11.3 Å². The van der Waals surface area contributed by atoms with Gasteiger partial charge in [-0.2, -0.15) is 0 Å². The monoisotopic (exact) mass is 290 g/mol. The summed E-state index contributed by atoms with van der Waals surface area (Å²) in [6.45, 7) is 2.46. The third-order valence-corrected chi connectivity index (χ3v) is 3.98. The van der Waals surface area contributed by atoms with Crippen LogP contribution in [0.5, 0.6) is 0 Å². The Morgan fingerprint density at radius 3 is 2.68 bits per heavy atom. The van der Waals surface area contributed by atoms with Gasteiger partial charge in [0, 0.05) is 11.9 Å². The molecule has 0 aliphatic carbocycles. The van der Waals surface area contributed by atoms with Gasteiger partial charge in [-0.15, -0.1) is 0 Å². The highest BCUT2D eigenvalue weighted by Gasteiger charge is 2.11. The van der Waals surface area contributed by atoms with Crippen molar-refractivity contribution in [3.05, 3.63) is 76.7 Å². The summed E-state index contributed by atoms with van der Waals surface area (Å²) in [6.07, 6.45) is 5.06. The van der Waals surface area contributed by atoms with E-state index in [1.165, 1.54) is 0 Å². The number of fused-ring (bicyclic) bond motifs is 3. The Morgan fingerprint density at radius 2 is 1.86 bits per heavy atom. The smallest absolute Gasteiger partial charge is 0.277 e. The molecule has 4 rings (SSSR count). The zero-order chi connectivity index (χ0) is 15.1. The van der Waals surface area contributed by atoms with E-state index < -0.39 is 0 Å². The van der Waals surface area contributed by atoms with E-state index in [2.05, 4.69) is 9.97 Å². The van der Waals surface area contributed by atoms with Crippen LogP contribution in [0, 0.1) is 6.92 Å². The second-order valence-electron chi connectivity index (χ2n) is 5.28. The van der Waals surface area contributed by atoms with Crippen molar-refractivity contribution in [1.29, 1.82) is 0 Å². The molecule has 22 heavy (non-hydrogen) atoms. The first-order valence-corrected chi connectivity index (χ1v) is 7.10. The fourth-order valence-corrected chi connectivity index (χ4v) is 2.80. The van der Waals surface area contributed by atoms with E-state index in [4.69, 9.17) is 0 Å². The topological polar surface area (TPSA) is 52.2 Å². The van der Waals surface area contributed by atoms with E-state index >= 15 is 0 Å². The average molecular weight is 290 g/mol. The van der Waals surface area contributed by atoms with Crippen LogP contribution in [0.3, 0.4) is 0 Å². The third kappa shape index (κ3) is 1.83. The summed E-state index contributed by atoms with van der Waals surface area (Å²) < 4.78 is 3.63. The van der Waals surface area contributed by atoms with Gasteiger partial charge in [-0.25, -0.2) is 4.98 Å². The van der Waals surface area contributed by atoms with Crippen molar-refractivity contribution in [1.82, 2.24) is 18.9 Å². The highest BCUT2D eigenvalue weighted by Crippen LogP contribution is 2.16. The summed E-state index contributed by atoms with van der Waals surface area (Å²) in [5, 5.41) is 0. The Balaban J connectivity index is 2.05. The Morgan fingerprint density at radius 1 is 1.05 bits per heavy atom. The minimum atomic E-state index is -0.0422. The van der Waals surface area contributed by atoms with E-state index in [-0.39, 0.29) is 5.56 Å². The normalized spacial score (nSPS) is 11.3. The predicted octanol–water partition coefficient (Wildman–Crippen LogP) is 2.40. The van der Waals surface area contributed by atoms with Crippen molar-refractivity contribution in [3.8, 4) is 0 Å².